The van der Waals surface area contributed by atoms with Crippen molar-refractivity contribution in [2.45, 2.75) is 12.3 Å². The van der Waals surface area contributed by atoms with Gasteiger partial charge in [0.2, 0.25) is 0 Å². The zero-order chi connectivity index (χ0) is 12.1. The molecule has 0 fully saturated rings. The average Bonchev–Trinajstić information content (AvgIpc) is 2.28. The fourth-order valence-corrected chi connectivity index (χ4v) is 1.53. The largest absolute Gasteiger partial charge is 0.465 e. The Hall–Kier alpha value is -1.06. The first kappa shape index (κ1) is 13.0. The number of ketones is 1. The van der Waals surface area contributed by atoms with Crippen molar-refractivity contribution < 1.29 is 14.3 Å². The summed E-state index contributed by atoms with van der Waals surface area (Å²) < 4.78 is 4.65. The monoisotopic (exact) mass is 260 g/mol. The van der Waals surface area contributed by atoms with Crippen molar-refractivity contribution in [2.24, 2.45) is 0 Å². The lowest BCUT2D eigenvalue weighted by Gasteiger charge is -2.08. The molecule has 0 aliphatic heterocycles. The summed E-state index contributed by atoms with van der Waals surface area (Å²) in [5.41, 5.74) is 0.220. The Morgan fingerprint density at radius 2 is 2.00 bits per heavy atom. The Balaban J connectivity index is 2.86. The van der Waals surface area contributed by atoms with Crippen LogP contribution in [0.5, 0.6) is 0 Å². The Labute approximate surface area is 103 Å². The topological polar surface area (TPSA) is 43.4 Å². The van der Waals surface area contributed by atoms with Gasteiger partial charge >= 0.3 is 5.97 Å². The minimum absolute atomic E-state index is 0.178. The first-order valence-electron chi connectivity index (χ1n) is 4.67. The predicted molar refractivity (Wildman–Crippen MR) is 62.1 cm³/mol. The molecule has 0 saturated heterocycles. The van der Waals surface area contributed by atoms with Crippen molar-refractivity contribution in [3.8, 4) is 0 Å². The van der Waals surface area contributed by atoms with E-state index in [1.165, 1.54) is 6.07 Å². The third kappa shape index (κ3) is 2.97. The number of ether oxygens (including phenoxy) is 1. The summed E-state index contributed by atoms with van der Waals surface area (Å²) >= 11 is 11.5. The summed E-state index contributed by atoms with van der Waals surface area (Å²) in [5.74, 6) is -1.31. The molecule has 0 aliphatic carbocycles. The smallest absolute Gasteiger partial charge is 0.332 e. The molecular formula is C11H10Cl2O3. The van der Waals surface area contributed by atoms with Gasteiger partial charge in [0.1, 0.15) is 0 Å². The van der Waals surface area contributed by atoms with Crippen molar-refractivity contribution in [1.29, 1.82) is 0 Å². The van der Waals surface area contributed by atoms with E-state index in [9.17, 15) is 9.59 Å². The number of rotatable bonds is 4. The van der Waals surface area contributed by atoms with Gasteiger partial charge in [0.15, 0.2) is 11.2 Å². The molecule has 0 heterocycles. The highest BCUT2D eigenvalue weighted by Crippen LogP contribution is 2.19. The molecule has 5 heteroatoms. The van der Waals surface area contributed by atoms with Crippen LogP contribution >= 0.6 is 23.2 Å². The van der Waals surface area contributed by atoms with Crippen molar-refractivity contribution >= 4 is 35.0 Å². The van der Waals surface area contributed by atoms with Crippen LogP contribution in [-0.2, 0) is 9.53 Å². The second-order valence-corrected chi connectivity index (χ2v) is 3.80. The molecule has 3 nitrogen and oxygen atoms in total. The lowest BCUT2D eigenvalue weighted by Crippen LogP contribution is -2.27. The van der Waals surface area contributed by atoms with Crippen LogP contribution in [0.2, 0.25) is 5.02 Å². The van der Waals surface area contributed by atoms with Crippen LogP contribution in [0.3, 0.4) is 0 Å². The lowest BCUT2D eigenvalue weighted by atomic mass is 10.1. The number of hydrogen-bond donors (Lipinski definition) is 0. The molecule has 1 aromatic carbocycles. The summed E-state index contributed by atoms with van der Waals surface area (Å²) in [7, 11) is 0. The van der Waals surface area contributed by atoms with E-state index in [0.717, 1.165) is 0 Å². The molecule has 1 unspecified atom stereocenters. The van der Waals surface area contributed by atoms with Crippen LogP contribution < -0.4 is 0 Å². The Morgan fingerprint density at radius 1 is 1.38 bits per heavy atom. The summed E-state index contributed by atoms with van der Waals surface area (Å²) in [4.78, 5) is 23.0. The first-order valence-corrected chi connectivity index (χ1v) is 5.48. The zero-order valence-electron chi connectivity index (χ0n) is 8.57. The number of esters is 1. The van der Waals surface area contributed by atoms with E-state index in [1.807, 2.05) is 0 Å². The van der Waals surface area contributed by atoms with Crippen LogP contribution in [0.15, 0.2) is 24.3 Å². The van der Waals surface area contributed by atoms with Gasteiger partial charge in [-0.3, -0.25) is 4.79 Å². The fourth-order valence-electron chi connectivity index (χ4n) is 1.12. The third-order valence-electron chi connectivity index (χ3n) is 1.86. The van der Waals surface area contributed by atoms with Crippen molar-refractivity contribution in [1.82, 2.24) is 0 Å². The standard InChI is InChI=1S/C11H10Cl2O3/c1-2-16-11(15)9(13)10(14)7-5-3-4-6-8(7)12/h3-6,9H,2H2,1H3. The minimum Gasteiger partial charge on any atom is -0.465 e. The Morgan fingerprint density at radius 3 is 2.56 bits per heavy atom. The van der Waals surface area contributed by atoms with Crippen LogP contribution in [0.25, 0.3) is 0 Å². The molecule has 0 radical (unpaired) electrons. The molecule has 0 saturated carbocycles. The third-order valence-corrected chi connectivity index (χ3v) is 2.57. The summed E-state index contributed by atoms with van der Waals surface area (Å²) in [5, 5.41) is -1.08. The Bertz CT molecular complexity index is 404. The quantitative estimate of drug-likeness (QED) is 0.362. The van der Waals surface area contributed by atoms with E-state index >= 15 is 0 Å². The number of halogens is 2. The molecular weight excluding hydrogens is 251 g/mol. The first-order chi connectivity index (χ1) is 7.57. The van der Waals surface area contributed by atoms with Crippen molar-refractivity contribution in [3.05, 3.63) is 34.9 Å². The lowest BCUT2D eigenvalue weighted by molar-refractivity contribution is -0.141. The second-order valence-electron chi connectivity index (χ2n) is 2.96. The maximum absolute atomic E-state index is 11.8. The van der Waals surface area contributed by atoms with Gasteiger partial charge in [-0.1, -0.05) is 23.7 Å². The van der Waals surface area contributed by atoms with Gasteiger partial charge in [-0.15, -0.1) is 11.6 Å². The Kier molecular flexibility index (Phi) is 4.77. The minimum atomic E-state index is -1.35. The van der Waals surface area contributed by atoms with Crippen LogP contribution in [0, 0.1) is 0 Å². The van der Waals surface area contributed by atoms with E-state index in [4.69, 9.17) is 23.2 Å². The van der Waals surface area contributed by atoms with Gasteiger partial charge in [0, 0.05) is 5.56 Å². The van der Waals surface area contributed by atoms with Gasteiger partial charge in [-0.05, 0) is 19.1 Å². The van der Waals surface area contributed by atoms with E-state index < -0.39 is 17.1 Å². The van der Waals surface area contributed by atoms with E-state index in [-0.39, 0.29) is 17.2 Å². The van der Waals surface area contributed by atoms with Crippen molar-refractivity contribution in [2.75, 3.05) is 6.61 Å². The molecule has 16 heavy (non-hydrogen) atoms. The molecule has 86 valence electrons. The fraction of sp³-hybridized carbons (Fsp3) is 0.273. The van der Waals surface area contributed by atoms with Gasteiger partial charge in [-0.2, -0.15) is 0 Å². The molecule has 1 atom stereocenters. The van der Waals surface area contributed by atoms with Gasteiger partial charge < -0.3 is 4.74 Å². The highest BCUT2D eigenvalue weighted by Gasteiger charge is 2.27. The van der Waals surface area contributed by atoms with Crippen LogP contribution in [-0.4, -0.2) is 23.7 Å². The number of benzene rings is 1. The second kappa shape index (κ2) is 5.87. The summed E-state index contributed by atoms with van der Waals surface area (Å²) in [6, 6.07) is 6.41. The molecule has 0 aliphatic rings. The number of carbonyl (C=O) groups excluding carboxylic acids is 2. The maximum atomic E-state index is 11.8. The van der Waals surface area contributed by atoms with E-state index in [2.05, 4.69) is 4.74 Å². The summed E-state index contributed by atoms with van der Waals surface area (Å²) in [6.07, 6.45) is 0. The number of hydrogen-bond acceptors (Lipinski definition) is 3. The number of alkyl halides is 1. The highest BCUT2D eigenvalue weighted by atomic mass is 35.5. The molecule has 0 spiro atoms. The van der Waals surface area contributed by atoms with E-state index in [0.29, 0.717) is 0 Å². The van der Waals surface area contributed by atoms with E-state index in [1.54, 1.807) is 25.1 Å². The summed E-state index contributed by atoms with van der Waals surface area (Å²) in [6.45, 7) is 1.82. The zero-order valence-corrected chi connectivity index (χ0v) is 10.1. The van der Waals surface area contributed by atoms with Gasteiger partial charge in [0.05, 0.1) is 11.6 Å². The normalized spacial score (nSPS) is 11.9. The molecule has 1 rings (SSSR count). The average molecular weight is 261 g/mol. The predicted octanol–water partition coefficient (Wildman–Crippen LogP) is 2.69. The van der Waals surface area contributed by atoms with Gasteiger partial charge in [0.25, 0.3) is 0 Å². The number of Topliss-reactive ketones (excluding diaryl/α,β-unsaturated/α-hetero) is 1. The molecule has 0 aromatic heterocycles. The molecule has 1 aromatic rings. The maximum Gasteiger partial charge on any atom is 0.332 e. The van der Waals surface area contributed by atoms with Crippen LogP contribution in [0.1, 0.15) is 17.3 Å². The van der Waals surface area contributed by atoms with Crippen molar-refractivity contribution in [3.63, 3.8) is 0 Å². The van der Waals surface area contributed by atoms with Gasteiger partial charge in [-0.25, -0.2) is 4.79 Å². The molecule has 0 N–H and O–H groups in total. The molecule has 0 amide bonds. The van der Waals surface area contributed by atoms with Crippen LogP contribution in [0.4, 0.5) is 0 Å². The SMILES string of the molecule is CCOC(=O)C(Cl)C(=O)c1ccccc1Cl. The highest BCUT2D eigenvalue weighted by molar-refractivity contribution is 6.45. The molecule has 0 bridgehead atoms. The number of carbonyl (C=O) groups is 2.